The molecule has 0 bridgehead atoms. The van der Waals surface area contributed by atoms with Crippen molar-refractivity contribution in [1.82, 2.24) is 10.2 Å². The Balaban J connectivity index is 1.33. The van der Waals surface area contributed by atoms with Crippen LogP contribution >= 0.6 is 46.2 Å². The molecule has 6 nitrogen and oxygen atoms in total. The highest BCUT2D eigenvalue weighted by atomic mass is 32.2. The van der Waals surface area contributed by atoms with Crippen LogP contribution in [0.3, 0.4) is 0 Å². The molecule has 0 spiro atoms. The molecule has 1 aliphatic heterocycles. The van der Waals surface area contributed by atoms with Crippen LogP contribution in [0.2, 0.25) is 0 Å². The number of aromatic nitrogens is 2. The Labute approximate surface area is 185 Å². The average Bonchev–Trinajstić information content (AvgIpc) is 3.48. The summed E-state index contributed by atoms with van der Waals surface area (Å²) in [5.74, 6) is 0.217. The number of thiophene rings is 1. The van der Waals surface area contributed by atoms with E-state index in [2.05, 4.69) is 21.6 Å². The van der Waals surface area contributed by atoms with E-state index >= 15 is 0 Å². The molecule has 1 unspecified atom stereocenters. The highest BCUT2D eigenvalue weighted by molar-refractivity contribution is 8.00. The Morgan fingerprint density at radius 1 is 1.28 bits per heavy atom. The zero-order valence-corrected chi connectivity index (χ0v) is 18.8. The van der Waals surface area contributed by atoms with Gasteiger partial charge in [-0.25, -0.2) is 0 Å². The number of benzene rings is 1. The number of carbonyl (C=O) groups excluding carboxylic acids is 2. The van der Waals surface area contributed by atoms with Gasteiger partial charge in [0.1, 0.15) is 0 Å². The Bertz CT molecular complexity index is 988. The molecule has 3 aromatic rings. The average molecular weight is 463 g/mol. The third-order valence-corrected chi connectivity index (χ3v) is 8.26. The minimum atomic E-state index is -0.395. The minimum absolute atomic E-state index is 0.0356. The third-order valence-electron chi connectivity index (χ3n) is 4.43. The van der Waals surface area contributed by atoms with Gasteiger partial charge in [-0.15, -0.1) is 33.3 Å². The molecule has 0 radical (unpaired) electrons. The fraction of sp³-hybridized carbons (Fsp3) is 0.263. The van der Waals surface area contributed by atoms with Gasteiger partial charge in [0.05, 0.1) is 5.92 Å². The summed E-state index contributed by atoms with van der Waals surface area (Å²) in [5, 5.41) is 13.5. The number of amides is 2. The summed E-state index contributed by atoms with van der Waals surface area (Å²) < 4.78 is 0.812. The maximum absolute atomic E-state index is 12.6. The van der Waals surface area contributed by atoms with E-state index in [9.17, 15) is 9.59 Å². The van der Waals surface area contributed by atoms with E-state index in [0.717, 1.165) is 20.7 Å². The first kappa shape index (κ1) is 20.4. The Kier molecular flexibility index (Phi) is 6.53. The molecule has 2 amide bonds. The van der Waals surface area contributed by atoms with Crippen LogP contribution < -0.4 is 10.2 Å². The number of nitrogens with zero attached hydrogens (tertiary/aromatic N) is 3. The predicted molar refractivity (Wildman–Crippen MR) is 121 cm³/mol. The van der Waals surface area contributed by atoms with Crippen LogP contribution in [-0.2, 0) is 15.3 Å². The van der Waals surface area contributed by atoms with Crippen LogP contribution in [0.4, 0.5) is 10.8 Å². The molecule has 0 saturated carbocycles. The second kappa shape index (κ2) is 9.29. The van der Waals surface area contributed by atoms with Crippen molar-refractivity contribution in [3.8, 4) is 0 Å². The van der Waals surface area contributed by atoms with E-state index in [0.29, 0.717) is 11.7 Å². The van der Waals surface area contributed by atoms with Crippen molar-refractivity contribution in [2.45, 2.75) is 21.4 Å². The monoisotopic (exact) mass is 462 g/mol. The molecule has 1 atom stereocenters. The highest BCUT2D eigenvalue weighted by Crippen LogP contribution is 2.31. The van der Waals surface area contributed by atoms with Crippen LogP contribution in [-0.4, -0.2) is 34.8 Å². The van der Waals surface area contributed by atoms with Crippen LogP contribution in [0.15, 0.2) is 51.0 Å². The molecule has 1 aliphatic rings. The SMILES string of the molecule is CSc1ccc(N2CC(C(=O)Nc3nnc(SCc4cccs4)s3)CC2=O)cc1. The summed E-state index contributed by atoms with van der Waals surface area (Å²) in [6.07, 6.45) is 2.21. The van der Waals surface area contributed by atoms with Crippen LogP contribution in [0.1, 0.15) is 11.3 Å². The second-order valence-corrected chi connectivity index (χ2v) is 10.4. The van der Waals surface area contributed by atoms with E-state index in [-0.39, 0.29) is 18.2 Å². The lowest BCUT2D eigenvalue weighted by Gasteiger charge is -2.16. The van der Waals surface area contributed by atoms with Crippen LogP contribution in [0.5, 0.6) is 0 Å². The van der Waals surface area contributed by atoms with Gasteiger partial charge in [0.25, 0.3) is 0 Å². The second-order valence-electron chi connectivity index (χ2n) is 6.33. The van der Waals surface area contributed by atoms with Crippen LogP contribution in [0, 0.1) is 5.92 Å². The first-order valence-corrected chi connectivity index (χ1v) is 12.8. The zero-order chi connectivity index (χ0) is 20.2. The van der Waals surface area contributed by atoms with Crippen molar-refractivity contribution in [3.05, 3.63) is 46.7 Å². The van der Waals surface area contributed by atoms with Gasteiger partial charge in [-0.05, 0) is 42.0 Å². The molecule has 2 aromatic heterocycles. The Morgan fingerprint density at radius 3 is 2.83 bits per heavy atom. The van der Waals surface area contributed by atoms with Crippen molar-refractivity contribution in [3.63, 3.8) is 0 Å². The van der Waals surface area contributed by atoms with Gasteiger partial charge < -0.3 is 10.2 Å². The lowest BCUT2D eigenvalue weighted by Crippen LogP contribution is -2.28. The molecule has 10 heteroatoms. The lowest BCUT2D eigenvalue weighted by atomic mass is 10.1. The van der Waals surface area contributed by atoms with E-state index in [1.807, 2.05) is 42.0 Å². The van der Waals surface area contributed by atoms with Crippen molar-refractivity contribution in [2.75, 3.05) is 23.0 Å². The number of carbonyl (C=O) groups is 2. The molecule has 29 heavy (non-hydrogen) atoms. The van der Waals surface area contributed by atoms with Gasteiger partial charge in [-0.3, -0.25) is 9.59 Å². The first-order valence-electron chi connectivity index (χ1n) is 8.86. The van der Waals surface area contributed by atoms with Gasteiger partial charge in [0, 0.05) is 34.2 Å². The largest absolute Gasteiger partial charge is 0.312 e. The standard InChI is InChI=1S/C19H18N4O2S4/c1-26-14-6-4-13(5-7-14)23-10-12(9-16(23)24)17(25)20-18-21-22-19(29-18)28-11-15-3-2-8-27-15/h2-8,12H,9-11H2,1H3,(H,20,21,25). The maximum atomic E-state index is 12.6. The summed E-state index contributed by atoms with van der Waals surface area (Å²) in [6, 6.07) is 11.9. The molecule has 1 aromatic carbocycles. The molecule has 1 fully saturated rings. The number of rotatable bonds is 7. The quantitative estimate of drug-likeness (QED) is 0.408. The minimum Gasteiger partial charge on any atom is -0.312 e. The van der Waals surface area contributed by atoms with Gasteiger partial charge in [-0.2, -0.15) is 0 Å². The molecular formula is C19H18N4O2S4. The van der Waals surface area contributed by atoms with Crippen molar-refractivity contribution >= 4 is 68.8 Å². The van der Waals surface area contributed by atoms with Crippen molar-refractivity contribution in [1.29, 1.82) is 0 Å². The molecular weight excluding hydrogens is 445 g/mol. The molecule has 1 saturated heterocycles. The van der Waals surface area contributed by atoms with Crippen LogP contribution in [0.25, 0.3) is 0 Å². The highest BCUT2D eigenvalue weighted by Gasteiger charge is 2.35. The van der Waals surface area contributed by atoms with Gasteiger partial charge >= 0.3 is 0 Å². The molecule has 3 heterocycles. The number of hydrogen-bond donors (Lipinski definition) is 1. The predicted octanol–water partition coefficient (Wildman–Crippen LogP) is 4.61. The smallest absolute Gasteiger partial charge is 0.231 e. The molecule has 1 N–H and O–H groups in total. The maximum Gasteiger partial charge on any atom is 0.231 e. The fourth-order valence-electron chi connectivity index (χ4n) is 2.95. The molecule has 0 aliphatic carbocycles. The number of anilines is 2. The normalized spacial score (nSPS) is 16.4. The summed E-state index contributed by atoms with van der Waals surface area (Å²) in [5.41, 5.74) is 0.825. The number of nitrogens with one attached hydrogen (secondary N) is 1. The van der Waals surface area contributed by atoms with E-state index in [1.165, 1.54) is 16.2 Å². The number of hydrogen-bond acceptors (Lipinski definition) is 8. The van der Waals surface area contributed by atoms with Gasteiger partial charge in [0.15, 0.2) is 4.34 Å². The zero-order valence-electron chi connectivity index (χ0n) is 15.5. The van der Waals surface area contributed by atoms with E-state index < -0.39 is 5.92 Å². The molecule has 150 valence electrons. The molecule has 4 rings (SSSR count). The van der Waals surface area contributed by atoms with E-state index in [1.54, 1.807) is 39.8 Å². The summed E-state index contributed by atoms with van der Waals surface area (Å²) in [6.45, 7) is 0.377. The first-order chi connectivity index (χ1) is 14.1. The Hall–Kier alpha value is -1.88. The van der Waals surface area contributed by atoms with Crippen molar-refractivity contribution < 1.29 is 9.59 Å². The summed E-state index contributed by atoms with van der Waals surface area (Å²) in [4.78, 5) is 29.1. The van der Waals surface area contributed by atoms with Gasteiger partial charge in [-0.1, -0.05) is 29.2 Å². The van der Waals surface area contributed by atoms with Gasteiger partial charge in [0.2, 0.25) is 16.9 Å². The Morgan fingerprint density at radius 2 is 2.10 bits per heavy atom. The van der Waals surface area contributed by atoms with Crippen molar-refractivity contribution in [2.24, 2.45) is 5.92 Å². The topological polar surface area (TPSA) is 75.2 Å². The lowest BCUT2D eigenvalue weighted by molar-refractivity contribution is -0.122. The summed E-state index contributed by atoms with van der Waals surface area (Å²) in [7, 11) is 0. The summed E-state index contributed by atoms with van der Waals surface area (Å²) >= 11 is 6.31. The number of thioether (sulfide) groups is 2. The third kappa shape index (κ3) is 5.00. The fourth-order valence-corrected chi connectivity index (χ4v) is 5.88. The van der Waals surface area contributed by atoms with E-state index in [4.69, 9.17) is 0 Å².